The summed E-state index contributed by atoms with van der Waals surface area (Å²) in [6, 6.07) is 12.3. The van der Waals surface area contributed by atoms with Crippen molar-refractivity contribution in [3.05, 3.63) is 60.2 Å². The number of hydrogen-bond donors (Lipinski definition) is 4. The zero-order valence-corrected chi connectivity index (χ0v) is 20.8. The minimum Gasteiger partial charge on any atom is -0.362 e. The van der Waals surface area contributed by atoms with Crippen LogP contribution in [0.2, 0.25) is 0 Å². The van der Waals surface area contributed by atoms with E-state index in [9.17, 15) is 8.78 Å². The van der Waals surface area contributed by atoms with Crippen molar-refractivity contribution < 1.29 is 8.78 Å². The van der Waals surface area contributed by atoms with Crippen molar-refractivity contribution in [3.63, 3.8) is 0 Å². The van der Waals surface area contributed by atoms with Crippen molar-refractivity contribution in [2.24, 2.45) is 0 Å². The fourth-order valence-electron chi connectivity index (χ4n) is 3.66. The first-order chi connectivity index (χ1) is 16.5. The van der Waals surface area contributed by atoms with Gasteiger partial charge in [0.25, 0.3) is 0 Å². The summed E-state index contributed by atoms with van der Waals surface area (Å²) in [4.78, 5) is 4.96. The van der Waals surface area contributed by atoms with E-state index >= 15 is 0 Å². The van der Waals surface area contributed by atoms with Gasteiger partial charge in [0, 0.05) is 50.6 Å². The fraction of sp³-hybridized carbons (Fsp3) is 0.417. The molecule has 1 fully saturated rings. The lowest BCUT2D eigenvalue weighted by Gasteiger charge is -2.34. The van der Waals surface area contributed by atoms with Crippen molar-refractivity contribution in [1.82, 2.24) is 20.4 Å². The molecule has 1 heterocycles. The zero-order valence-electron chi connectivity index (χ0n) is 19.2. The van der Waals surface area contributed by atoms with Gasteiger partial charge in [0.2, 0.25) is 0 Å². The summed E-state index contributed by atoms with van der Waals surface area (Å²) >= 11 is 10.6. The van der Waals surface area contributed by atoms with Crippen LogP contribution in [0.25, 0.3) is 0 Å². The van der Waals surface area contributed by atoms with Gasteiger partial charge in [-0.2, -0.15) is 0 Å². The molecule has 6 nitrogen and oxygen atoms in total. The number of rotatable bonds is 10. The maximum atomic E-state index is 13.0. The Bertz CT molecular complexity index is 827. The molecule has 3 rings (SSSR count). The molecule has 2 aromatic rings. The summed E-state index contributed by atoms with van der Waals surface area (Å²) in [5.41, 5.74) is 1.55. The lowest BCUT2D eigenvalue weighted by atomic mass is 10.2. The maximum Gasteiger partial charge on any atom is 0.170 e. The average Bonchev–Trinajstić information content (AvgIpc) is 2.83. The number of hydrogen-bond acceptors (Lipinski definition) is 4. The second-order valence-electron chi connectivity index (χ2n) is 8.17. The van der Waals surface area contributed by atoms with Gasteiger partial charge in [0.05, 0.1) is 0 Å². The lowest BCUT2D eigenvalue weighted by Crippen LogP contribution is -2.47. The number of benzene rings is 2. The molecule has 1 aliphatic heterocycles. The number of thiocarbonyl (C=S) groups is 2. The van der Waals surface area contributed by atoms with Crippen LogP contribution in [-0.4, -0.2) is 72.4 Å². The lowest BCUT2D eigenvalue weighted by molar-refractivity contribution is 0.131. The van der Waals surface area contributed by atoms with Gasteiger partial charge in [-0.15, -0.1) is 0 Å². The van der Waals surface area contributed by atoms with E-state index in [1.807, 2.05) is 0 Å². The molecular weight excluding hydrogens is 474 g/mol. The number of piperazine rings is 1. The van der Waals surface area contributed by atoms with E-state index in [2.05, 4.69) is 31.1 Å². The Balaban J connectivity index is 1.18. The molecule has 0 atom stereocenters. The highest BCUT2D eigenvalue weighted by Crippen LogP contribution is 2.09. The first kappa shape index (κ1) is 26.2. The SMILES string of the molecule is Fc1ccc(NC(=S)NCCCN2CCN(CCCNC(=S)Nc3ccc(F)cc3)CC2)cc1. The van der Waals surface area contributed by atoms with E-state index in [4.69, 9.17) is 24.4 Å². The van der Waals surface area contributed by atoms with Crippen LogP contribution >= 0.6 is 24.4 Å². The van der Waals surface area contributed by atoms with E-state index in [-0.39, 0.29) is 11.6 Å². The number of halogens is 2. The second kappa shape index (κ2) is 14.1. The number of anilines is 2. The molecule has 0 unspecified atom stereocenters. The molecule has 4 N–H and O–H groups in total. The summed E-state index contributed by atoms with van der Waals surface area (Å²) in [7, 11) is 0. The van der Waals surface area contributed by atoms with Crippen LogP contribution in [0.15, 0.2) is 48.5 Å². The van der Waals surface area contributed by atoms with Crippen LogP contribution in [0.3, 0.4) is 0 Å². The van der Waals surface area contributed by atoms with Crippen LogP contribution in [0, 0.1) is 11.6 Å². The minimum absolute atomic E-state index is 0.263. The molecule has 0 aromatic heterocycles. The van der Waals surface area contributed by atoms with Crippen LogP contribution in [0.5, 0.6) is 0 Å². The normalized spacial score (nSPS) is 14.4. The topological polar surface area (TPSA) is 54.6 Å². The first-order valence-corrected chi connectivity index (χ1v) is 12.3. The predicted molar refractivity (Wildman–Crippen MR) is 143 cm³/mol. The molecule has 184 valence electrons. The third-order valence-electron chi connectivity index (χ3n) is 5.54. The summed E-state index contributed by atoms with van der Waals surface area (Å²) in [5, 5.41) is 13.6. The summed E-state index contributed by atoms with van der Waals surface area (Å²) < 4.78 is 25.9. The Morgan fingerprint density at radius 2 is 1.00 bits per heavy atom. The van der Waals surface area contributed by atoms with Gasteiger partial charge >= 0.3 is 0 Å². The van der Waals surface area contributed by atoms with Crippen molar-refractivity contribution in [1.29, 1.82) is 0 Å². The monoisotopic (exact) mass is 506 g/mol. The average molecular weight is 507 g/mol. The molecular formula is C24H32F2N6S2. The highest BCUT2D eigenvalue weighted by molar-refractivity contribution is 7.80. The van der Waals surface area contributed by atoms with Crippen molar-refractivity contribution in [2.45, 2.75) is 12.8 Å². The Kier molecular flexibility index (Phi) is 10.9. The van der Waals surface area contributed by atoms with E-state index < -0.39 is 0 Å². The third kappa shape index (κ3) is 9.84. The molecule has 1 saturated heterocycles. The molecule has 2 aromatic carbocycles. The Hall–Kier alpha value is -2.40. The van der Waals surface area contributed by atoms with E-state index in [0.717, 1.165) is 76.6 Å². The van der Waals surface area contributed by atoms with Gasteiger partial charge in [0.1, 0.15) is 11.6 Å². The molecule has 0 saturated carbocycles. The quantitative estimate of drug-likeness (QED) is 0.288. The van der Waals surface area contributed by atoms with Gasteiger partial charge in [0.15, 0.2) is 10.2 Å². The summed E-state index contributed by atoms with van der Waals surface area (Å²) in [6.45, 7) is 7.92. The second-order valence-corrected chi connectivity index (χ2v) is 8.98. The van der Waals surface area contributed by atoms with Crippen LogP contribution < -0.4 is 21.3 Å². The maximum absolute atomic E-state index is 13.0. The molecule has 34 heavy (non-hydrogen) atoms. The highest BCUT2D eigenvalue weighted by atomic mass is 32.1. The molecule has 10 heteroatoms. The number of nitrogens with one attached hydrogen (secondary N) is 4. The molecule has 0 amide bonds. The van der Waals surface area contributed by atoms with Crippen molar-refractivity contribution >= 4 is 46.0 Å². The van der Waals surface area contributed by atoms with E-state index in [0.29, 0.717) is 10.2 Å². The van der Waals surface area contributed by atoms with Crippen molar-refractivity contribution in [2.75, 3.05) is 63.0 Å². The highest BCUT2D eigenvalue weighted by Gasteiger charge is 2.15. The Morgan fingerprint density at radius 3 is 1.35 bits per heavy atom. The zero-order chi connectivity index (χ0) is 24.2. The van der Waals surface area contributed by atoms with Gasteiger partial charge in [-0.05, 0) is 98.9 Å². The van der Waals surface area contributed by atoms with E-state index in [1.165, 1.54) is 24.3 Å². The summed E-state index contributed by atoms with van der Waals surface area (Å²) in [5.74, 6) is -0.526. The third-order valence-corrected chi connectivity index (χ3v) is 6.04. The van der Waals surface area contributed by atoms with Crippen LogP contribution in [0.4, 0.5) is 20.2 Å². The van der Waals surface area contributed by atoms with Gasteiger partial charge in [-0.3, -0.25) is 0 Å². The van der Waals surface area contributed by atoms with Gasteiger partial charge in [-0.1, -0.05) is 0 Å². The molecule has 0 bridgehead atoms. The molecule has 1 aliphatic rings. The van der Waals surface area contributed by atoms with Crippen molar-refractivity contribution in [3.8, 4) is 0 Å². The Labute approximate surface area is 211 Å². The number of nitrogens with zero attached hydrogens (tertiary/aromatic N) is 2. The standard InChI is InChI=1S/C24H32F2N6S2/c25-19-3-7-21(8-4-19)29-23(33)27-11-1-13-31-15-17-32(18-16-31)14-2-12-28-24(34)30-22-9-5-20(26)6-10-22/h3-10H,1-2,11-18H2,(H2,27,29,33)(H2,28,30,34). The fourth-order valence-corrected chi connectivity index (χ4v) is 4.10. The minimum atomic E-state index is -0.263. The molecule has 0 spiro atoms. The van der Waals surface area contributed by atoms with Crippen LogP contribution in [0.1, 0.15) is 12.8 Å². The summed E-state index contributed by atoms with van der Waals surface area (Å²) in [6.07, 6.45) is 2.02. The van der Waals surface area contributed by atoms with Gasteiger partial charge < -0.3 is 31.1 Å². The predicted octanol–water partition coefficient (Wildman–Crippen LogP) is 3.64. The Morgan fingerprint density at radius 1 is 0.647 bits per heavy atom. The molecule has 0 radical (unpaired) electrons. The largest absolute Gasteiger partial charge is 0.362 e. The smallest absolute Gasteiger partial charge is 0.170 e. The van der Waals surface area contributed by atoms with Gasteiger partial charge in [-0.25, -0.2) is 8.78 Å². The van der Waals surface area contributed by atoms with E-state index in [1.54, 1.807) is 24.3 Å². The van der Waals surface area contributed by atoms with Crippen LogP contribution in [-0.2, 0) is 0 Å². The molecule has 0 aliphatic carbocycles. The first-order valence-electron chi connectivity index (χ1n) is 11.5.